The average molecular weight is 198 g/mol. The van der Waals surface area contributed by atoms with E-state index >= 15 is 0 Å². The van der Waals surface area contributed by atoms with Crippen LogP contribution in [0.15, 0.2) is 0 Å². The molecule has 1 aliphatic rings. The van der Waals surface area contributed by atoms with Crippen molar-refractivity contribution in [3.63, 3.8) is 0 Å². The molecule has 0 aromatic carbocycles. The van der Waals surface area contributed by atoms with E-state index in [1.807, 2.05) is 14.1 Å². The number of hydrogen-bond acceptors (Lipinski definition) is 2. The van der Waals surface area contributed by atoms with Gasteiger partial charge in [-0.3, -0.25) is 4.79 Å². The molecule has 3 heteroatoms. The SMILES string of the molecule is CC1CCC(C(=O)NCCN(C)C)C1. The van der Waals surface area contributed by atoms with Crippen molar-refractivity contribution in [3.8, 4) is 0 Å². The van der Waals surface area contributed by atoms with E-state index in [0.29, 0.717) is 0 Å². The Balaban J connectivity index is 2.15. The molecular weight excluding hydrogens is 176 g/mol. The van der Waals surface area contributed by atoms with Gasteiger partial charge in [0.1, 0.15) is 0 Å². The van der Waals surface area contributed by atoms with Crippen molar-refractivity contribution in [1.29, 1.82) is 0 Å². The van der Waals surface area contributed by atoms with Crippen molar-refractivity contribution >= 4 is 5.91 Å². The van der Waals surface area contributed by atoms with Crippen molar-refractivity contribution in [2.45, 2.75) is 26.2 Å². The summed E-state index contributed by atoms with van der Waals surface area (Å²) in [5.74, 6) is 1.28. The second-order valence-electron chi connectivity index (χ2n) is 4.71. The summed E-state index contributed by atoms with van der Waals surface area (Å²) in [6.45, 7) is 3.93. The summed E-state index contributed by atoms with van der Waals surface area (Å²) in [5, 5.41) is 3.00. The van der Waals surface area contributed by atoms with Gasteiger partial charge in [0.15, 0.2) is 0 Å². The van der Waals surface area contributed by atoms with Crippen molar-refractivity contribution < 1.29 is 4.79 Å². The summed E-state index contributed by atoms with van der Waals surface area (Å²) < 4.78 is 0. The normalized spacial score (nSPS) is 26.9. The molecular formula is C11H22N2O. The highest BCUT2D eigenvalue weighted by Crippen LogP contribution is 2.30. The van der Waals surface area contributed by atoms with Crippen LogP contribution in [-0.4, -0.2) is 38.0 Å². The average Bonchev–Trinajstić information content (AvgIpc) is 2.51. The first-order valence-electron chi connectivity index (χ1n) is 5.52. The van der Waals surface area contributed by atoms with Crippen molar-refractivity contribution in [1.82, 2.24) is 10.2 Å². The topological polar surface area (TPSA) is 32.3 Å². The zero-order chi connectivity index (χ0) is 10.6. The molecule has 0 saturated heterocycles. The lowest BCUT2D eigenvalue weighted by Crippen LogP contribution is -2.34. The Hall–Kier alpha value is -0.570. The number of carbonyl (C=O) groups is 1. The summed E-state index contributed by atoms with van der Waals surface area (Å²) in [6.07, 6.45) is 3.37. The molecule has 0 aliphatic heterocycles. The molecule has 3 nitrogen and oxygen atoms in total. The first-order chi connectivity index (χ1) is 6.59. The molecule has 2 atom stereocenters. The van der Waals surface area contributed by atoms with Gasteiger partial charge in [0.05, 0.1) is 0 Å². The molecule has 82 valence electrons. The Morgan fingerprint density at radius 2 is 2.14 bits per heavy atom. The number of rotatable bonds is 4. The fraction of sp³-hybridized carbons (Fsp3) is 0.909. The minimum absolute atomic E-state index is 0.260. The monoisotopic (exact) mass is 198 g/mol. The standard InChI is InChI=1S/C11H22N2O/c1-9-4-5-10(8-9)11(14)12-6-7-13(2)3/h9-10H,4-8H2,1-3H3,(H,12,14). The van der Waals surface area contributed by atoms with Gasteiger partial charge < -0.3 is 10.2 Å². The van der Waals surface area contributed by atoms with Gasteiger partial charge in [0.25, 0.3) is 0 Å². The third-order valence-corrected chi connectivity index (χ3v) is 2.92. The van der Waals surface area contributed by atoms with Gasteiger partial charge in [-0.25, -0.2) is 0 Å². The molecule has 0 radical (unpaired) electrons. The molecule has 1 fully saturated rings. The molecule has 1 aliphatic carbocycles. The number of likely N-dealkylation sites (N-methyl/N-ethyl adjacent to an activating group) is 1. The molecule has 0 aromatic heterocycles. The Morgan fingerprint density at radius 3 is 2.64 bits per heavy atom. The van der Waals surface area contributed by atoms with E-state index < -0.39 is 0 Å². The summed E-state index contributed by atoms with van der Waals surface area (Å²) >= 11 is 0. The molecule has 1 amide bonds. The Bertz CT molecular complexity index is 192. The van der Waals surface area contributed by atoms with Crippen LogP contribution in [0.4, 0.5) is 0 Å². The Morgan fingerprint density at radius 1 is 1.43 bits per heavy atom. The summed E-state index contributed by atoms with van der Waals surface area (Å²) in [6, 6.07) is 0. The van der Waals surface area contributed by atoms with Crippen molar-refractivity contribution in [3.05, 3.63) is 0 Å². The van der Waals surface area contributed by atoms with E-state index in [4.69, 9.17) is 0 Å². The predicted molar refractivity (Wildman–Crippen MR) is 58.1 cm³/mol. The fourth-order valence-corrected chi connectivity index (χ4v) is 1.99. The van der Waals surface area contributed by atoms with Crippen LogP contribution in [0.5, 0.6) is 0 Å². The molecule has 2 unspecified atom stereocenters. The van der Waals surface area contributed by atoms with E-state index in [2.05, 4.69) is 17.1 Å². The molecule has 0 heterocycles. The molecule has 1 saturated carbocycles. The van der Waals surface area contributed by atoms with Gasteiger partial charge in [0, 0.05) is 19.0 Å². The van der Waals surface area contributed by atoms with Gasteiger partial charge in [-0.15, -0.1) is 0 Å². The maximum Gasteiger partial charge on any atom is 0.223 e. The van der Waals surface area contributed by atoms with Gasteiger partial charge in [-0.05, 0) is 39.3 Å². The lowest BCUT2D eigenvalue weighted by Gasteiger charge is -2.13. The van der Waals surface area contributed by atoms with Crippen LogP contribution in [0.25, 0.3) is 0 Å². The van der Waals surface area contributed by atoms with Gasteiger partial charge in [-0.1, -0.05) is 6.92 Å². The third-order valence-electron chi connectivity index (χ3n) is 2.92. The number of hydrogen-bond donors (Lipinski definition) is 1. The first kappa shape index (κ1) is 11.5. The summed E-state index contributed by atoms with van der Waals surface area (Å²) in [7, 11) is 4.04. The zero-order valence-electron chi connectivity index (χ0n) is 9.55. The Labute approximate surface area is 86.9 Å². The highest BCUT2D eigenvalue weighted by atomic mass is 16.1. The second-order valence-corrected chi connectivity index (χ2v) is 4.71. The minimum atomic E-state index is 0.260. The van der Waals surface area contributed by atoms with E-state index in [-0.39, 0.29) is 11.8 Å². The zero-order valence-corrected chi connectivity index (χ0v) is 9.55. The van der Waals surface area contributed by atoms with E-state index in [0.717, 1.165) is 31.8 Å². The summed E-state index contributed by atoms with van der Waals surface area (Å²) in [4.78, 5) is 13.7. The molecule has 0 aromatic rings. The Kier molecular flexibility index (Phi) is 4.39. The van der Waals surface area contributed by atoms with Crippen LogP contribution in [0.1, 0.15) is 26.2 Å². The van der Waals surface area contributed by atoms with Crippen LogP contribution in [0.2, 0.25) is 0 Å². The highest BCUT2D eigenvalue weighted by Gasteiger charge is 2.26. The number of amides is 1. The smallest absolute Gasteiger partial charge is 0.223 e. The maximum absolute atomic E-state index is 11.6. The first-order valence-corrected chi connectivity index (χ1v) is 5.52. The maximum atomic E-state index is 11.6. The number of nitrogens with zero attached hydrogens (tertiary/aromatic N) is 1. The number of nitrogens with one attached hydrogen (secondary N) is 1. The van der Waals surface area contributed by atoms with E-state index in [9.17, 15) is 4.79 Å². The van der Waals surface area contributed by atoms with Crippen LogP contribution < -0.4 is 5.32 Å². The van der Waals surface area contributed by atoms with E-state index in [1.54, 1.807) is 0 Å². The molecule has 0 spiro atoms. The van der Waals surface area contributed by atoms with Crippen LogP contribution >= 0.6 is 0 Å². The van der Waals surface area contributed by atoms with Crippen LogP contribution in [-0.2, 0) is 4.79 Å². The molecule has 1 N–H and O–H groups in total. The molecule has 14 heavy (non-hydrogen) atoms. The van der Waals surface area contributed by atoms with E-state index in [1.165, 1.54) is 6.42 Å². The lowest BCUT2D eigenvalue weighted by molar-refractivity contribution is -0.124. The third kappa shape index (κ3) is 3.66. The van der Waals surface area contributed by atoms with Crippen LogP contribution in [0.3, 0.4) is 0 Å². The van der Waals surface area contributed by atoms with Gasteiger partial charge in [0.2, 0.25) is 5.91 Å². The highest BCUT2D eigenvalue weighted by molar-refractivity contribution is 5.78. The largest absolute Gasteiger partial charge is 0.355 e. The van der Waals surface area contributed by atoms with Crippen molar-refractivity contribution in [2.75, 3.05) is 27.2 Å². The summed E-state index contributed by atoms with van der Waals surface area (Å²) in [5.41, 5.74) is 0. The molecule has 0 bridgehead atoms. The predicted octanol–water partition coefficient (Wildman–Crippen LogP) is 1.10. The second kappa shape index (κ2) is 5.35. The van der Waals surface area contributed by atoms with Crippen LogP contribution in [0, 0.1) is 11.8 Å². The van der Waals surface area contributed by atoms with Gasteiger partial charge in [-0.2, -0.15) is 0 Å². The minimum Gasteiger partial charge on any atom is -0.355 e. The fourth-order valence-electron chi connectivity index (χ4n) is 1.99. The lowest BCUT2D eigenvalue weighted by atomic mass is 10.1. The van der Waals surface area contributed by atoms with Crippen molar-refractivity contribution in [2.24, 2.45) is 11.8 Å². The number of carbonyl (C=O) groups excluding carboxylic acids is 1. The quantitative estimate of drug-likeness (QED) is 0.733. The van der Waals surface area contributed by atoms with Gasteiger partial charge >= 0.3 is 0 Å². The molecule has 1 rings (SSSR count).